The molecule has 250 valence electrons. The van der Waals surface area contributed by atoms with E-state index in [9.17, 15) is 27.4 Å². The largest absolute Gasteiger partial charge is 0.726 e. The van der Waals surface area contributed by atoms with E-state index >= 15 is 0 Å². The third kappa shape index (κ3) is 18.6. The number of nitrogens with zero attached hydrogens (tertiary/aromatic N) is 1. The van der Waals surface area contributed by atoms with Crippen LogP contribution in [0.3, 0.4) is 0 Å². The van der Waals surface area contributed by atoms with Gasteiger partial charge in [0.25, 0.3) is 0 Å². The minimum atomic E-state index is -4.41. The van der Waals surface area contributed by atoms with Gasteiger partial charge in [-0.25, -0.2) is 22.8 Å². The fourth-order valence-electron chi connectivity index (χ4n) is 3.76. The number of carbonyl (C=O) groups excluding carboxylic acids is 3. The van der Waals surface area contributed by atoms with Crippen LogP contribution in [0.5, 0.6) is 0 Å². The molecule has 0 unspecified atom stereocenters. The highest BCUT2D eigenvalue weighted by Gasteiger charge is 2.23. The second-order valence-electron chi connectivity index (χ2n) is 10.1. The van der Waals surface area contributed by atoms with E-state index in [2.05, 4.69) is 4.18 Å². The van der Waals surface area contributed by atoms with Gasteiger partial charge in [0.05, 0.1) is 14.2 Å². The van der Waals surface area contributed by atoms with Crippen LogP contribution in [-0.2, 0) is 43.2 Å². The fourth-order valence-corrected chi connectivity index (χ4v) is 3.76. The molecule has 0 fully saturated rings. The van der Waals surface area contributed by atoms with Crippen molar-refractivity contribution >= 4 is 46.5 Å². The minimum absolute atomic E-state index is 0.151. The molecule has 0 spiro atoms. The SMILES string of the molecule is COS(=O)(=O)[O-].C[N+](CCOC(=O)/C=C/c1ccccc1)(CCOC(=O)/C=C/c1ccccc1)CCOC(=O)/C=C/c1ccccc1. The van der Waals surface area contributed by atoms with Gasteiger partial charge in [0, 0.05) is 18.2 Å². The van der Waals surface area contributed by atoms with Crippen molar-refractivity contribution in [3.05, 3.63) is 126 Å². The average Bonchev–Trinajstić information content (AvgIpc) is 3.07. The van der Waals surface area contributed by atoms with E-state index in [0.717, 1.165) is 23.8 Å². The van der Waals surface area contributed by atoms with Crippen LogP contribution in [0, 0.1) is 0 Å². The van der Waals surface area contributed by atoms with Crippen molar-refractivity contribution in [2.45, 2.75) is 0 Å². The summed E-state index contributed by atoms with van der Waals surface area (Å²) in [5.74, 6) is -1.35. The summed E-state index contributed by atoms with van der Waals surface area (Å²) in [6.07, 6.45) is 9.26. The highest BCUT2D eigenvalue weighted by Crippen LogP contribution is 2.07. The Morgan fingerprint density at radius 3 is 1.09 bits per heavy atom. The van der Waals surface area contributed by atoms with Gasteiger partial charge in [-0.05, 0) is 34.9 Å². The standard InChI is InChI=1S/C34H36NO6.CH4O4S/c1-35(23-26-39-32(36)20-17-29-11-5-2-6-12-29,24-27-40-33(37)21-18-30-13-7-3-8-14-30)25-28-41-34(38)22-19-31-15-9-4-10-16-31;1-5-6(2,3)4/h2-22H,23-28H2,1H3;1H3,(H,2,3,4)/q+1;/p-1/b20-17+,21-18+,22-19+;. The van der Waals surface area contributed by atoms with Crippen molar-refractivity contribution in [2.24, 2.45) is 0 Å². The molecule has 0 saturated heterocycles. The Bertz CT molecular complexity index is 1410. The lowest BCUT2D eigenvalue weighted by atomic mass is 10.2. The van der Waals surface area contributed by atoms with Crippen LogP contribution in [-0.4, -0.2) is 89.0 Å². The molecular weight excluding hydrogens is 626 g/mol. The number of hydrogen-bond acceptors (Lipinski definition) is 10. The zero-order valence-electron chi connectivity index (χ0n) is 26.3. The van der Waals surface area contributed by atoms with Crippen molar-refractivity contribution in [3.8, 4) is 0 Å². The van der Waals surface area contributed by atoms with Crippen molar-refractivity contribution in [1.29, 1.82) is 0 Å². The number of esters is 3. The van der Waals surface area contributed by atoms with Gasteiger partial charge in [-0.3, -0.25) is 4.18 Å². The van der Waals surface area contributed by atoms with Gasteiger partial charge < -0.3 is 23.2 Å². The lowest BCUT2D eigenvalue weighted by molar-refractivity contribution is -0.910. The maximum Gasteiger partial charge on any atom is 0.330 e. The molecule has 0 radical (unpaired) electrons. The summed E-state index contributed by atoms with van der Waals surface area (Å²) in [7, 11) is -1.66. The lowest BCUT2D eigenvalue weighted by Crippen LogP contribution is -2.50. The Hall–Kier alpha value is -4.88. The summed E-state index contributed by atoms with van der Waals surface area (Å²) >= 11 is 0. The van der Waals surface area contributed by atoms with Crippen molar-refractivity contribution in [3.63, 3.8) is 0 Å². The smallest absolute Gasteiger partial charge is 0.330 e. The fraction of sp³-hybridized carbons (Fsp3) is 0.229. The first-order chi connectivity index (χ1) is 22.5. The molecule has 0 heterocycles. The number of carbonyl (C=O) groups is 3. The van der Waals surface area contributed by atoms with Gasteiger partial charge in [-0.15, -0.1) is 0 Å². The Morgan fingerprint density at radius 2 is 0.851 bits per heavy atom. The molecule has 0 aliphatic carbocycles. The number of ether oxygens (including phenoxy) is 3. The first-order valence-corrected chi connectivity index (χ1v) is 15.9. The van der Waals surface area contributed by atoms with E-state index in [-0.39, 0.29) is 19.8 Å². The van der Waals surface area contributed by atoms with Crippen LogP contribution in [0.4, 0.5) is 0 Å². The molecule has 0 aliphatic rings. The van der Waals surface area contributed by atoms with Crippen molar-refractivity contribution < 1.29 is 50.2 Å². The molecule has 0 bridgehead atoms. The van der Waals surface area contributed by atoms with Crippen LogP contribution >= 0.6 is 0 Å². The molecule has 3 aromatic rings. The molecule has 0 aliphatic heterocycles. The average molecular weight is 666 g/mol. The maximum atomic E-state index is 12.2. The molecule has 0 amide bonds. The predicted molar refractivity (Wildman–Crippen MR) is 177 cm³/mol. The summed E-state index contributed by atoms with van der Waals surface area (Å²) < 4.78 is 47.6. The number of likely N-dealkylation sites (N-methyl/N-ethyl adjacent to an activating group) is 1. The molecule has 3 rings (SSSR count). The topological polar surface area (TPSA) is 145 Å². The molecule has 11 nitrogen and oxygen atoms in total. The number of rotatable bonds is 16. The first-order valence-electron chi connectivity index (χ1n) is 14.5. The van der Waals surface area contributed by atoms with Crippen LogP contribution in [0.1, 0.15) is 16.7 Å². The van der Waals surface area contributed by atoms with E-state index in [1.807, 2.05) is 98.0 Å². The zero-order chi connectivity index (χ0) is 34.4. The van der Waals surface area contributed by atoms with Crippen molar-refractivity contribution in [1.82, 2.24) is 0 Å². The van der Waals surface area contributed by atoms with E-state index in [1.54, 1.807) is 18.2 Å². The van der Waals surface area contributed by atoms with E-state index in [0.29, 0.717) is 24.1 Å². The second-order valence-corrected chi connectivity index (χ2v) is 11.2. The summed E-state index contributed by atoms with van der Waals surface area (Å²) in [6, 6.07) is 28.4. The van der Waals surface area contributed by atoms with Crippen LogP contribution < -0.4 is 0 Å². The van der Waals surface area contributed by atoms with Gasteiger partial charge in [0.2, 0.25) is 10.4 Å². The quantitative estimate of drug-likeness (QED) is 0.0542. The number of hydrogen-bond donors (Lipinski definition) is 0. The molecule has 0 saturated carbocycles. The normalized spacial score (nSPS) is 11.6. The summed E-state index contributed by atoms with van der Waals surface area (Å²) in [5.41, 5.74) is 2.70. The maximum absolute atomic E-state index is 12.2. The lowest BCUT2D eigenvalue weighted by Gasteiger charge is -2.33. The summed E-state index contributed by atoms with van der Waals surface area (Å²) in [5, 5.41) is 0. The molecular formula is C35H39NO10S. The van der Waals surface area contributed by atoms with Crippen LogP contribution in [0.2, 0.25) is 0 Å². The van der Waals surface area contributed by atoms with Crippen LogP contribution in [0.15, 0.2) is 109 Å². The third-order valence-electron chi connectivity index (χ3n) is 6.46. The zero-order valence-corrected chi connectivity index (χ0v) is 27.1. The molecule has 3 aromatic carbocycles. The highest BCUT2D eigenvalue weighted by atomic mass is 32.3. The van der Waals surface area contributed by atoms with E-state index in [4.69, 9.17) is 14.2 Å². The third-order valence-corrected chi connectivity index (χ3v) is 6.87. The summed E-state index contributed by atoms with van der Waals surface area (Å²) in [6.45, 7) is 1.79. The van der Waals surface area contributed by atoms with Gasteiger partial charge in [-0.1, -0.05) is 91.0 Å². The Kier molecular flexibility index (Phi) is 17.1. The van der Waals surface area contributed by atoms with E-state index < -0.39 is 28.3 Å². The first kappa shape index (κ1) is 38.3. The molecule has 47 heavy (non-hydrogen) atoms. The number of quaternary nitrogens is 1. The Morgan fingerprint density at radius 1 is 0.596 bits per heavy atom. The molecule has 12 heteroatoms. The summed E-state index contributed by atoms with van der Waals surface area (Å²) in [4.78, 5) is 36.7. The van der Waals surface area contributed by atoms with Crippen LogP contribution in [0.25, 0.3) is 18.2 Å². The monoisotopic (exact) mass is 665 g/mol. The highest BCUT2D eigenvalue weighted by molar-refractivity contribution is 7.80. The molecule has 0 atom stereocenters. The van der Waals surface area contributed by atoms with Gasteiger partial charge in [-0.2, -0.15) is 0 Å². The van der Waals surface area contributed by atoms with Gasteiger partial charge in [0.1, 0.15) is 39.5 Å². The number of benzene rings is 3. The van der Waals surface area contributed by atoms with Gasteiger partial charge >= 0.3 is 17.9 Å². The Labute approximate surface area is 275 Å². The van der Waals surface area contributed by atoms with E-state index in [1.165, 1.54) is 18.2 Å². The van der Waals surface area contributed by atoms with Crippen molar-refractivity contribution in [2.75, 3.05) is 53.6 Å². The predicted octanol–water partition coefficient (Wildman–Crippen LogP) is 4.30. The second kappa shape index (κ2) is 21.0. The molecule has 0 aromatic heterocycles. The van der Waals surface area contributed by atoms with Gasteiger partial charge in [0.15, 0.2) is 0 Å². The molecule has 0 N–H and O–H groups in total. The Balaban J connectivity index is 0.00000117. The minimum Gasteiger partial charge on any atom is -0.726 e.